The van der Waals surface area contributed by atoms with Gasteiger partial charge in [0.2, 0.25) is 0 Å². The standard InChI is InChI=1S/C19H27N3O2/c1-19(2,3)24-18(23)22-17-9-7-16(8-10-17)21-13-15-6-4-5-14(11-15)12-20/h4-6,11,16-17,21H,7-10,13H2,1-3H3,(H,22,23). The zero-order valence-corrected chi connectivity index (χ0v) is 14.8. The fourth-order valence-electron chi connectivity index (χ4n) is 2.93. The molecule has 24 heavy (non-hydrogen) atoms. The highest BCUT2D eigenvalue weighted by Crippen LogP contribution is 2.20. The lowest BCUT2D eigenvalue weighted by Crippen LogP contribution is -2.43. The Bertz CT molecular complexity index is 593. The SMILES string of the molecule is CC(C)(C)OC(=O)NC1CCC(NCc2cccc(C#N)c2)CC1. The molecule has 0 bridgehead atoms. The van der Waals surface area contributed by atoms with Crippen LogP contribution in [0.15, 0.2) is 24.3 Å². The quantitative estimate of drug-likeness (QED) is 0.887. The third kappa shape index (κ3) is 6.21. The molecule has 0 aliphatic heterocycles. The average Bonchev–Trinajstić information content (AvgIpc) is 2.52. The number of hydrogen-bond donors (Lipinski definition) is 2. The van der Waals surface area contributed by atoms with Gasteiger partial charge in [0, 0.05) is 18.6 Å². The van der Waals surface area contributed by atoms with E-state index in [1.165, 1.54) is 0 Å². The number of nitrogens with zero attached hydrogens (tertiary/aromatic N) is 1. The van der Waals surface area contributed by atoms with E-state index in [2.05, 4.69) is 16.7 Å². The highest BCUT2D eigenvalue weighted by molar-refractivity contribution is 5.68. The van der Waals surface area contributed by atoms with Gasteiger partial charge in [-0.05, 0) is 64.2 Å². The Morgan fingerprint density at radius 2 is 1.92 bits per heavy atom. The number of alkyl carbamates (subject to hydrolysis) is 1. The number of rotatable bonds is 4. The van der Waals surface area contributed by atoms with E-state index in [1.54, 1.807) is 0 Å². The highest BCUT2D eigenvalue weighted by Gasteiger charge is 2.24. The summed E-state index contributed by atoms with van der Waals surface area (Å²) in [4.78, 5) is 11.8. The normalized spacial score (nSPS) is 20.9. The van der Waals surface area contributed by atoms with E-state index in [1.807, 2.05) is 45.0 Å². The lowest BCUT2D eigenvalue weighted by atomic mass is 9.91. The number of ether oxygens (including phenoxy) is 1. The van der Waals surface area contributed by atoms with E-state index in [4.69, 9.17) is 10.00 Å². The summed E-state index contributed by atoms with van der Waals surface area (Å²) in [6.45, 7) is 6.38. The summed E-state index contributed by atoms with van der Waals surface area (Å²) in [5.74, 6) is 0. The summed E-state index contributed by atoms with van der Waals surface area (Å²) in [6, 6.07) is 10.5. The molecule has 2 rings (SSSR count). The minimum Gasteiger partial charge on any atom is -0.444 e. The Balaban J connectivity index is 1.71. The maximum atomic E-state index is 11.8. The summed E-state index contributed by atoms with van der Waals surface area (Å²) in [5.41, 5.74) is 1.36. The molecule has 2 N–H and O–H groups in total. The smallest absolute Gasteiger partial charge is 0.407 e. The van der Waals surface area contributed by atoms with E-state index in [0.29, 0.717) is 11.6 Å². The van der Waals surface area contributed by atoms with Crippen molar-refractivity contribution in [2.75, 3.05) is 0 Å². The fourth-order valence-corrected chi connectivity index (χ4v) is 2.93. The van der Waals surface area contributed by atoms with Crippen molar-refractivity contribution in [3.05, 3.63) is 35.4 Å². The molecule has 130 valence electrons. The molecule has 0 saturated heterocycles. The second-order valence-electron chi connectivity index (χ2n) is 7.39. The van der Waals surface area contributed by atoms with Gasteiger partial charge in [0.05, 0.1) is 11.6 Å². The predicted octanol–water partition coefficient (Wildman–Crippen LogP) is 3.48. The summed E-state index contributed by atoms with van der Waals surface area (Å²) >= 11 is 0. The lowest BCUT2D eigenvalue weighted by Gasteiger charge is -2.30. The summed E-state index contributed by atoms with van der Waals surface area (Å²) in [5, 5.41) is 15.4. The molecule has 0 unspecified atom stereocenters. The highest BCUT2D eigenvalue weighted by atomic mass is 16.6. The first kappa shape index (κ1) is 18.3. The Morgan fingerprint density at radius 1 is 1.25 bits per heavy atom. The largest absolute Gasteiger partial charge is 0.444 e. The number of nitrogens with one attached hydrogen (secondary N) is 2. The molecule has 1 aliphatic carbocycles. The number of hydrogen-bond acceptors (Lipinski definition) is 4. The van der Waals surface area contributed by atoms with E-state index < -0.39 is 5.60 Å². The number of carbonyl (C=O) groups excluding carboxylic acids is 1. The second kappa shape index (κ2) is 8.16. The van der Waals surface area contributed by atoms with Gasteiger partial charge in [-0.1, -0.05) is 12.1 Å². The fraction of sp³-hybridized carbons (Fsp3) is 0.579. The molecule has 0 radical (unpaired) electrons. The average molecular weight is 329 g/mol. The van der Waals surface area contributed by atoms with E-state index in [0.717, 1.165) is 37.8 Å². The van der Waals surface area contributed by atoms with Gasteiger partial charge >= 0.3 is 6.09 Å². The van der Waals surface area contributed by atoms with Crippen LogP contribution in [0.4, 0.5) is 4.79 Å². The van der Waals surface area contributed by atoms with Gasteiger partial charge in [0.1, 0.15) is 5.60 Å². The maximum Gasteiger partial charge on any atom is 0.407 e. The first-order chi connectivity index (χ1) is 11.4. The van der Waals surface area contributed by atoms with Gasteiger partial charge in [0.15, 0.2) is 0 Å². The topological polar surface area (TPSA) is 74.2 Å². The second-order valence-corrected chi connectivity index (χ2v) is 7.39. The van der Waals surface area contributed by atoms with Crippen molar-refractivity contribution in [2.45, 2.75) is 70.7 Å². The Morgan fingerprint density at radius 3 is 2.54 bits per heavy atom. The van der Waals surface area contributed by atoms with Crippen LogP contribution in [0.25, 0.3) is 0 Å². The zero-order chi connectivity index (χ0) is 17.6. The molecule has 1 amide bonds. The van der Waals surface area contributed by atoms with Crippen LogP contribution in [-0.2, 0) is 11.3 Å². The van der Waals surface area contributed by atoms with Gasteiger partial charge < -0.3 is 15.4 Å². The molecule has 5 nitrogen and oxygen atoms in total. The van der Waals surface area contributed by atoms with Crippen molar-refractivity contribution in [2.24, 2.45) is 0 Å². The number of nitriles is 1. The number of carbonyl (C=O) groups is 1. The Kier molecular flexibility index (Phi) is 6.22. The third-order valence-electron chi connectivity index (χ3n) is 4.10. The molecule has 0 spiro atoms. The molecule has 1 aromatic carbocycles. The van der Waals surface area contributed by atoms with Crippen molar-refractivity contribution in [3.63, 3.8) is 0 Å². The van der Waals surface area contributed by atoms with Crippen LogP contribution in [-0.4, -0.2) is 23.8 Å². The van der Waals surface area contributed by atoms with Crippen molar-refractivity contribution < 1.29 is 9.53 Å². The summed E-state index contributed by atoms with van der Waals surface area (Å²) < 4.78 is 5.30. The van der Waals surface area contributed by atoms with Crippen LogP contribution >= 0.6 is 0 Å². The van der Waals surface area contributed by atoms with Gasteiger partial charge in [-0.25, -0.2) is 4.79 Å². The first-order valence-electron chi connectivity index (χ1n) is 8.57. The third-order valence-corrected chi connectivity index (χ3v) is 4.10. The number of amides is 1. The van der Waals surface area contributed by atoms with Crippen LogP contribution in [0, 0.1) is 11.3 Å². The zero-order valence-electron chi connectivity index (χ0n) is 14.8. The lowest BCUT2D eigenvalue weighted by molar-refractivity contribution is 0.0489. The molecule has 1 fully saturated rings. The van der Waals surface area contributed by atoms with Crippen molar-refractivity contribution >= 4 is 6.09 Å². The van der Waals surface area contributed by atoms with Crippen LogP contribution in [0.5, 0.6) is 0 Å². The van der Waals surface area contributed by atoms with Crippen molar-refractivity contribution in [1.29, 1.82) is 5.26 Å². The predicted molar refractivity (Wildman–Crippen MR) is 93.4 cm³/mol. The van der Waals surface area contributed by atoms with Crippen LogP contribution in [0.1, 0.15) is 57.6 Å². The molecule has 0 atom stereocenters. The first-order valence-corrected chi connectivity index (χ1v) is 8.57. The molecule has 0 heterocycles. The molecular weight excluding hydrogens is 302 g/mol. The van der Waals surface area contributed by atoms with Gasteiger partial charge in [-0.15, -0.1) is 0 Å². The molecular formula is C19H27N3O2. The van der Waals surface area contributed by atoms with Crippen LogP contribution in [0.3, 0.4) is 0 Å². The van der Waals surface area contributed by atoms with E-state index in [-0.39, 0.29) is 12.1 Å². The maximum absolute atomic E-state index is 11.8. The van der Waals surface area contributed by atoms with Gasteiger partial charge in [-0.2, -0.15) is 5.26 Å². The molecule has 1 saturated carbocycles. The van der Waals surface area contributed by atoms with Gasteiger partial charge in [-0.3, -0.25) is 0 Å². The summed E-state index contributed by atoms with van der Waals surface area (Å²) in [7, 11) is 0. The van der Waals surface area contributed by atoms with Crippen LogP contribution < -0.4 is 10.6 Å². The molecule has 0 aromatic heterocycles. The van der Waals surface area contributed by atoms with Crippen molar-refractivity contribution in [1.82, 2.24) is 10.6 Å². The molecule has 1 aromatic rings. The van der Waals surface area contributed by atoms with E-state index >= 15 is 0 Å². The Hall–Kier alpha value is -2.06. The van der Waals surface area contributed by atoms with Crippen LogP contribution in [0.2, 0.25) is 0 Å². The minimum atomic E-state index is -0.458. The monoisotopic (exact) mass is 329 g/mol. The number of benzene rings is 1. The molecule has 5 heteroatoms. The minimum absolute atomic E-state index is 0.194. The Labute approximate surface area is 144 Å². The van der Waals surface area contributed by atoms with Crippen molar-refractivity contribution in [3.8, 4) is 6.07 Å². The van der Waals surface area contributed by atoms with E-state index in [9.17, 15) is 4.79 Å². The molecule has 1 aliphatic rings. The summed E-state index contributed by atoms with van der Waals surface area (Å²) in [6.07, 6.45) is 3.63. The van der Waals surface area contributed by atoms with Gasteiger partial charge in [0.25, 0.3) is 0 Å².